The highest BCUT2D eigenvalue weighted by atomic mass is 32.2. The molecule has 0 amide bonds. The molecular formula is C12H24N2O2S. The van der Waals surface area contributed by atoms with Gasteiger partial charge in [-0.15, -0.1) is 0 Å². The van der Waals surface area contributed by atoms with Crippen LogP contribution in [0, 0.1) is 5.92 Å². The van der Waals surface area contributed by atoms with E-state index in [1.165, 1.54) is 19.4 Å². The summed E-state index contributed by atoms with van der Waals surface area (Å²) in [6.07, 6.45) is 4.38. The van der Waals surface area contributed by atoms with Crippen LogP contribution >= 0.6 is 0 Å². The smallest absolute Gasteiger partial charge is 0.151 e. The van der Waals surface area contributed by atoms with Gasteiger partial charge in [0.25, 0.3) is 0 Å². The molecule has 2 rings (SSSR count). The number of hydrogen-bond acceptors (Lipinski definition) is 4. The van der Waals surface area contributed by atoms with Gasteiger partial charge in [0.1, 0.15) is 0 Å². The Balaban J connectivity index is 1.74. The van der Waals surface area contributed by atoms with Crippen molar-refractivity contribution in [2.24, 2.45) is 5.92 Å². The predicted molar refractivity (Wildman–Crippen MR) is 69.9 cm³/mol. The van der Waals surface area contributed by atoms with Crippen LogP contribution in [0.3, 0.4) is 0 Å². The van der Waals surface area contributed by atoms with Crippen molar-refractivity contribution in [2.75, 3.05) is 38.2 Å². The van der Waals surface area contributed by atoms with Gasteiger partial charge in [0.05, 0.1) is 11.5 Å². The summed E-state index contributed by atoms with van der Waals surface area (Å²) in [6, 6.07) is 0.195. The lowest BCUT2D eigenvalue weighted by molar-refractivity contribution is 0.202. The van der Waals surface area contributed by atoms with Gasteiger partial charge in [0.2, 0.25) is 0 Å². The summed E-state index contributed by atoms with van der Waals surface area (Å²) in [6.45, 7) is 3.32. The van der Waals surface area contributed by atoms with Crippen LogP contribution in [0.25, 0.3) is 0 Å². The van der Waals surface area contributed by atoms with Crippen LogP contribution in [0.4, 0.5) is 0 Å². The Labute approximate surface area is 105 Å². The molecule has 100 valence electrons. The molecule has 2 atom stereocenters. The van der Waals surface area contributed by atoms with Gasteiger partial charge in [-0.25, -0.2) is 8.42 Å². The predicted octanol–water partition coefficient (Wildman–Crippen LogP) is 0.495. The van der Waals surface area contributed by atoms with E-state index in [1.807, 2.05) is 0 Å². The molecule has 0 aromatic rings. The van der Waals surface area contributed by atoms with E-state index < -0.39 is 9.84 Å². The van der Waals surface area contributed by atoms with Crippen molar-refractivity contribution in [3.63, 3.8) is 0 Å². The zero-order valence-electron chi connectivity index (χ0n) is 10.7. The van der Waals surface area contributed by atoms with Crippen LogP contribution < -0.4 is 5.32 Å². The molecule has 4 nitrogen and oxygen atoms in total. The second kappa shape index (κ2) is 5.67. The summed E-state index contributed by atoms with van der Waals surface area (Å²) in [4.78, 5) is 2.37. The minimum absolute atomic E-state index is 0.195. The first-order valence-electron chi connectivity index (χ1n) is 6.67. The average molecular weight is 260 g/mol. The third-order valence-electron chi connectivity index (χ3n) is 3.88. The van der Waals surface area contributed by atoms with Crippen molar-refractivity contribution >= 4 is 9.84 Å². The van der Waals surface area contributed by atoms with Gasteiger partial charge >= 0.3 is 0 Å². The fourth-order valence-electron chi connectivity index (χ4n) is 2.96. The molecule has 5 heteroatoms. The van der Waals surface area contributed by atoms with Crippen molar-refractivity contribution in [1.29, 1.82) is 0 Å². The number of nitrogens with one attached hydrogen (secondary N) is 1. The SMILES string of the molecule is CN1CCCC(CNC2CCCS(=O)(=O)C2)C1. The molecule has 2 unspecified atom stereocenters. The third-order valence-corrected chi connectivity index (χ3v) is 5.70. The molecule has 2 aliphatic heterocycles. The fourth-order valence-corrected chi connectivity index (χ4v) is 4.63. The van der Waals surface area contributed by atoms with Crippen LogP contribution in [0.2, 0.25) is 0 Å². The molecule has 1 N–H and O–H groups in total. The minimum atomic E-state index is -2.77. The largest absolute Gasteiger partial charge is 0.313 e. The van der Waals surface area contributed by atoms with Gasteiger partial charge < -0.3 is 10.2 Å². The van der Waals surface area contributed by atoms with Crippen LogP contribution in [-0.4, -0.2) is 57.5 Å². The average Bonchev–Trinajstić information content (AvgIpc) is 2.25. The molecular weight excluding hydrogens is 236 g/mol. The van der Waals surface area contributed by atoms with Gasteiger partial charge in [0.15, 0.2) is 9.84 Å². The monoisotopic (exact) mass is 260 g/mol. The van der Waals surface area contributed by atoms with Crippen LogP contribution in [0.15, 0.2) is 0 Å². The van der Waals surface area contributed by atoms with Crippen LogP contribution in [-0.2, 0) is 9.84 Å². The van der Waals surface area contributed by atoms with Gasteiger partial charge in [-0.2, -0.15) is 0 Å². The van der Waals surface area contributed by atoms with E-state index in [9.17, 15) is 8.42 Å². The molecule has 0 spiro atoms. The van der Waals surface area contributed by atoms with Gasteiger partial charge in [-0.1, -0.05) is 0 Å². The summed E-state index contributed by atoms with van der Waals surface area (Å²) in [5.41, 5.74) is 0. The molecule has 2 fully saturated rings. The highest BCUT2D eigenvalue weighted by molar-refractivity contribution is 7.91. The maximum atomic E-state index is 11.5. The van der Waals surface area contributed by atoms with Crippen molar-refractivity contribution in [3.8, 4) is 0 Å². The summed E-state index contributed by atoms with van der Waals surface area (Å²) < 4.78 is 23.0. The van der Waals surface area contributed by atoms with E-state index >= 15 is 0 Å². The lowest BCUT2D eigenvalue weighted by atomic mass is 9.98. The van der Waals surface area contributed by atoms with Gasteiger partial charge in [-0.05, 0) is 51.7 Å². The summed E-state index contributed by atoms with van der Waals surface area (Å²) in [7, 11) is -0.605. The van der Waals surface area contributed by atoms with E-state index in [-0.39, 0.29) is 6.04 Å². The normalized spacial score (nSPS) is 34.6. The topological polar surface area (TPSA) is 49.4 Å². The quantitative estimate of drug-likeness (QED) is 0.802. The number of hydrogen-bond donors (Lipinski definition) is 1. The first-order valence-corrected chi connectivity index (χ1v) is 8.50. The Bertz CT molecular complexity index is 342. The van der Waals surface area contributed by atoms with Gasteiger partial charge in [0, 0.05) is 12.6 Å². The van der Waals surface area contributed by atoms with E-state index in [1.54, 1.807) is 0 Å². The second-order valence-corrected chi connectivity index (χ2v) is 7.86. The number of rotatable bonds is 3. The highest BCUT2D eigenvalue weighted by Crippen LogP contribution is 2.16. The standard InChI is InChI=1S/C12H24N2O2S/c1-14-6-2-4-11(9-14)8-13-12-5-3-7-17(15,16)10-12/h11-13H,2-10H2,1H3. The second-order valence-electron chi connectivity index (χ2n) is 5.63. The summed E-state index contributed by atoms with van der Waals surface area (Å²) in [5.74, 6) is 1.42. The number of nitrogens with zero attached hydrogens (tertiary/aromatic N) is 1. The summed E-state index contributed by atoms with van der Waals surface area (Å²) in [5, 5.41) is 3.46. The molecule has 17 heavy (non-hydrogen) atoms. The van der Waals surface area contributed by atoms with E-state index in [0.717, 1.165) is 25.9 Å². The fraction of sp³-hybridized carbons (Fsp3) is 1.00. The van der Waals surface area contributed by atoms with Crippen molar-refractivity contribution in [2.45, 2.75) is 31.7 Å². The first-order chi connectivity index (χ1) is 8.05. The molecule has 2 saturated heterocycles. The molecule has 2 aliphatic rings. The molecule has 2 heterocycles. The third kappa shape index (κ3) is 4.23. The van der Waals surface area contributed by atoms with Crippen molar-refractivity contribution in [1.82, 2.24) is 10.2 Å². The van der Waals surface area contributed by atoms with Crippen LogP contribution in [0.1, 0.15) is 25.7 Å². The van der Waals surface area contributed by atoms with Crippen molar-refractivity contribution in [3.05, 3.63) is 0 Å². The van der Waals surface area contributed by atoms with E-state index in [2.05, 4.69) is 17.3 Å². The number of sulfone groups is 1. The summed E-state index contributed by atoms with van der Waals surface area (Å²) >= 11 is 0. The Morgan fingerprint density at radius 1 is 1.29 bits per heavy atom. The van der Waals surface area contributed by atoms with Gasteiger partial charge in [-0.3, -0.25) is 0 Å². The Hall–Kier alpha value is -0.130. The number of likely N-dealkylation sites (tertiary alicyclic amines) is 1. The lowest BCUT2D eigenvalue weighted by Crippen LogP contribution is -2.44. The number of piperidine rings is 1. The maximum absolute atomic E-state index is 11.5. The zero-order valence-corrected chi connectivity index (χ0v) is 11.5. The first kappa shape index (κ1) is 13.3. The molecule has 0 radical (unpaired) electrons. The Kier molecular flexibility index (Phi) is 4.44. The van der Waals surface area contributed by atoms with E-state index in [0.29, 0.717) is 17.4 Å². The lowest BCUT2D eigenvalue weighted by Gasteiger charge is -2.31. The maximum Gasteiger partial charge on any atom is 0.151 e. The molecule has 0 aromatic heterocycles. The molecule has 0 aromatic carbocycles. The Morgan fingerprint density at radius 3 is 2.82 bits per heavy atom. The van der Waals surface area contributed by atoms with Crippen molar-refractivity contribution < 1.29 is 8.42 Å². The highest BCUT2D eigenvalue weighted by Gasteiger charge is 2.25. The molecule has 0 saturated carbocycles. The molecule has 0 aliphatic carbocycles. The Morgan fingerprint density at radius 2 is 2.12 bits per heavy atom. The minimum Gasteiger partial charge on any atom is -0.313 e. The zero-order chi connectivity index (χ0) is 12.3. The van der Waals surface area contributed by atoms with E-state index in [4.69, 9.17) is 0 Å². The molecule has 0 bridgehead atoms. The van der Waals surface area contributed by atoms with Crippen LogP contribution in [0.5, 0.6) is 0 Å².